The van der Waals surface area contributed by atoms with Crippen molar-refractivity contribution in [3.63, 3.8) is 0 Å². The molecule has 2 aliphatic heterocycles. The van der Waals surface area contributed by atoms with Gasteiger partial charge in [-0.2, -0.15) is 0 Å². The van der Waals surface area contributed by atoms with Crippen LogP contribution in [0, 0.1) is 0 Å². The Morgan fingerprint density at radius 1 is 1.04 bits per heavy atom. The summed E-state index contributed by atoms with van der Waals surface area (Å²) >= 11 is 0. The van der Waals surface area contributed by atoms with E-state index < -0.39 is 0 Å². The van der Waals surface area contributed by atoms with E-state index in [0.717, 1.165) is 50.1 Å². The van der Waals surface area contributed by atoms with Crippen molar-refractivity contribution < 1.29 is 9.53 Å². The smallest absolute Gasteiger partial charge is 0.240 e. The second-order valence-corrected chi connectivity index (χ2v) is 6.89. The molecule has 4 rings (SSSR count). The third-order valence-electron chi connectivity index (χ3n) is 5.20. The Morgan fingerprint density at radius 2 is 1.77 bits per heavy atom. The summed E-state index contributed by atoms with van der Waals surface area (Å²) in [6, 6.07) is 8.48. The molecule has 0 N–H and O–H groups in total. The maximum Gasteiger partial charge on any atom is 0.240 e. The standard InChI is InChI=1S/C20H24N4O2/c25-20(23-8-10-26-11-9-23)19-2-1-7-24(19)14-16-3-5-17(6-4-16)18-12-21-15-22-13-18/h3-6,12-13,15,19H,1-2,7-11,14H2. The molecule has 0 saturated carbocycles. The largest absolute Gasteiger partial charge is 0.378 e. The first kappa shape index (κ1) is 17.1. The first-order valence-electron chi connectivity index (χ1n) is 9.26. The molecule has 1 aromatic carbocycles. The second kappa shape index (κ2) is 7.93. The molecule has 2 aromatic rings. The van der Waals surface area contributed by atoms with Crippen molar-refractivity contribution in [3.05, 3.63) is 48.5 Å². The first-order valence-corrected chi connectivity index (χ1v) is 9.26. The SMILES string of the molecule is O=C(C1CCCN1Cc1ccc(-c2cncnc2)cc1)N1CCOCC1. The highest BCUT2D eigenvalue weighted by Crippen LogP contribution is 2.24. The van der Waals surface area contributed by atoms with Crippen LogP contribution in [0.2, 0.25) is 0 Å². The van der Waals surface area contributed by atoms with Crippen molar-refractivity contribution in [1.82, 2.24) is 19.8 Å². The number of rotatable bonds is 4. The number of amides is 1. The average molecular weight is 352 g/mol. The van der Waals surface area contributed by atoms with Gasteiger partial charge in [-0.3, -0.25) is 9.69 Å². The van der Waals surface area contributed by atoms with E-state index in [9.17, 15) is 4.79 Å². The van der Waals surface area contributed by atoms with Crippen LogP contribution in [0.4, 0.5) is 0 Å². The van der Waals surface area contributed by atoms with Crippen LogP contribution in [0.15, 0.2) is 43.0 Å². The van der Waals surface area contributed by atoms with Crippen molar-refractivity contribution >= 4 is 5.91 Å². The normalized spacial score (nSPS) is 21.1. The Morgan fingerprint density at radius 3 is 2.50 bits per heavy atom. The Hall–Kier alpha value is -2.31. The van der Waals surface area contributed by atoms with Crippen molar-refractivity contribution in [2.45, 2.75) is 25.4 Å². The fraction of sp³-hybridized carbons (Fsp3) is 0.450. The highest BCUT2D eigenvalue weighted by Gasteiger charge is 2.34. The van der Waals surface area contributed by atoms with E-state index in [4.69, 9.17) is 4.74 Å². The molecule has 1 aromatic heterocycles. The number of benzene rings is 1. The topological polar surface area (TPSA) is 58.6 Å². The maximum atomic E-state index is 12.9. The number of carbonyl (C=O) groups is 1. The van der Waals surface area contributed by atoms with Gasteiger partial charge in [-0.05, 0) is 30.5 Å². The second-order valence-electron chi connectivity index (χ2n) is 6.89. The van der Waals surface area contributed by atoms with Crippen molar-refractivity contribution in [2.24, 2.45) is 0 Å². The average Bonchev–Trinajstić information content (AvgIpc) is 3.17. The summed E-state index contributed by atoms with van der Waals surface area (Å²) in [4.78, 5) is 25.3. The molecule has 3 heterocycles. The molecule has 6 heteroatoms. The third-order valence-corrected chi connectivity index (χ3v) is 5.20. The molecule has 2 aliphatic rings. The number of hydrogen-bond acceptors (Lipinski definition) is 5. The summed E-state index contributed by atoms with van der Waals surface area (Å²) in [7, 11) is 0. The van der Waals surface area contributed by atoms with Gasteiger partial charge >= 0.3 is 0 Å². The number of ether oxygens (including phenoxy) is 1. The van der Waals surface area contributed by atoms with Crippen molar-refractivity contribution in [1.29, 1.82) is 0 Å². The molecule has 26 heavy (non-hydrogen) atoms. The lowest BCUT2D eigenvalue weighted by atomic mass is 10.1. The molecule has 2 fully saturated rings. The zero-order valence-electron chi connectivity index (χ0n) is 14.9. The lowest BCUT2D eigenvalue weighted by Gasteiger charge is -2.32. The van der Waals surface area contributed by atoms with Gasteiger partial charge in [0.05, 0.1) is 19.3 Å². The van der Waals surface area contributed by atoms with Gasteiger partial charge in [0.15, 0.2) is 0 Å². The van der Waals surface area contributed by atoms with Crippen LogP contribution < -0.4 is 0 Å². The van der Waals surface area contributed by atoms with Gasteiger partial charge in [-0.15, -0.1) is 0 Å². The minimum Gasteiger partial charge on any atom is -0.378 e. The zero-order valence-corrected chi connectivity index (χ0v) is 14.9. The Labute approximate surface area is 153 Å². The maximum absolute atomic E-state index is 12.9. The summed E-state index contributed by atoms with van der Waals surface area (Å²) < 4.78 is 5.37. The minimum absolute atomic E-state index is 0.00954. The van der Waals surface area contributed by atoms with E-state index in [1.54, 1.807) is 0 Å². The fourth-order valence-corrected chi connectivity index (χ4v) is 3.77. The lowest BCUT2D eigenvalue weighted by Crippen LogP contribution is -2.49. The van der Waals surface area contributed by atoms with E-state index in [2.05, 4.69) is 39.1 Å². The van der Waals surface area contributed by atoms with Crippen molar-refractivity contribution in [3.8, 4) is 11.1 Å². The summed E-state index contributed by atoms with van der Waals surface area (Å²) in [5, 5.41) is 0. The molecule has 136 valence electrons. The van der Waals surface area contributed by atoms with Gasteiger partial charge in [0.1, 0.15) is 6.33 Å². The predicted molar refractivity (Wildman–Crippen MR) is 98.3 cm³/mol. The number of carbonyl (C=O) groups excluding carboxylic acids is 1. The third kappa shape index (κ3) is 3.76. The van der Waals surface area contributed by atoms with Crippen LogP contribution in [-0.2, 0) is 16.1 Å². The number of hydrogen-bond donors (Lipinski definition) is 0. The van der Waals surface area contributed by atoms with E-state index in [0.29, 0.717) is 13.2 Å². The Bertz CT molecular complexity index is 729. The molecule has 0 spiro atoms. The van der Waals surface area contributed by atoms with E-state index >= 15 is 0 Å². The quantitative estimate of drug-likeness (QED) is 0.842. The molecule has 6 nitrogen and oxygen atoms in total. The molecular formula is C20H24N4O2. The Kier molecular flexibility index (Phi) is 5.22. The number of likely N-dealkylation sites (tertiary alicyclic amines) is 1. The molecule has 2 saturated heterocycles. The monoisotopic (exact) mass is 352 g/mol. The van der Waals surface area contributed by atoms with Crippen LogP contribution >= 0.6 is 0 Å². The highest BCUT2D eigenvalue weighted by atomic mass is 16.5. The van der Waals surface area contributed by atoms with Gasteiger partial charge in [0.25, 0.3) is 0 Å². The van der Waals surface area contributed by atoms with Crippen LogP contribution in [0.1, 0.15) is 18.4 Å². The fourth-order valence-electron chi connectivity index (χ4n) is 3.77. The van der Waals surface area contributed by atoms with Crippen LogP contribution in [0.5, 0.6) is 0 Å². The summed E-state index contributed by atoms with van der Waals surface area (Å²) in [6.45, 7) is 4.54. The van der Waals surface area contributed by atoms with Crippen LogP contribution in [0.3, 0.4) is 0 Å². The Balaban J connectivity index is 1.42. The summed E-state index contributed by atoms with van der Waals surface area (Å²) in [5.41, 5.74) is 3.35. The van der Waals surface area contributed by atoms with E-state index in [1.165, 1.54) is 11.9 Å². The van der Waals surface area contributed by atoms with Gasteiger partial charge < -0.3 is 9.64 Å². The molecule has 0 radical (unpaired) electrons. The molecule has 1 unspecified atom stereocenters. The zero-order chi connectivity index (χ0) is 17.8. The molecule has 0 bridgehead atoms. The lowest BCUT2D eigenvalue weighted by molar-refractivity contribution is -0.140. The van der Waals surface area contributed by atoms with Gasteiger partial charge in [0, 0.05) is 37.6 Å². The molecule has 1 atom stereocenters. The van der Waals surface area contributed by atoms with Gasteiger partial charge in [-0.1, -0.05) is 24.3 Å². The van der Waals surface area contributed by atoms with E-state index in [-0.39, 0.29) is 11.9 Å². The molecular weight excluding hydrogens is 328 g/mol. The van der Waals surface area contributed by atoms with Crippen molar-refractivity contribution in [2.75, 3.05) is 32.8 Å². The predicted octanol–water partition coefficient (Wildman–Crippen LogP) is 1.97. The van der Waals surface area contributed by atoms with Crippen LogP contribution in [-0.4, -0.2) is 64.6 Å². The number of nitrogens with zero attached hydrogens (tertiary/aromatic N) is 4. The van der Waals surface area contributed by atoms with Gasteiger partial charge in [-0.25, -0.2) is 9.97 Å². The minimum atomic E-state index is 0.00954. The first-order chi connectivity index (χ1) is 12.8. The number of aromatic nitrogens is 2. The van der Waals surface area contributed by atoms with E-state index in [1.807, 2.05) is 17.3 Å². The summed E-state index contributed by atoms with van der Waals surface area (Å²) in [6.07, 6.45) is 7.21. The number of morpholine rings is 1. The molecule has 0 aliphatic carbocycles. The van der Waals surface area contributed by atoms with Gasteiger partial charge in [0.2, 0.25) is 5.91 Å². The molecule has 1 amide bonds. The summed E-state index contributed by atoms with van der Waals surface area (Å²) in [5.74, 6) is 0.267. The van der Waals surface area contributed by atoms with Crippen LogP contribution in [0.25, 0.3) is 11.1 Å². The highest BCUT2D eigenvalue weighted by molar-refractivity contribution is 5.82.